The van der Waals surface area contributed by atoms with Crippen molar-refractivity contribution in [2.75, 3.05) is 19.6 Å². The lowest BCUT2D eigenvalue weighted by Crippen LogP contribution is -2.51. The van der Waals surface area contributed by atoms with Gasteiger partial charge >= 0.3 is 5.97 Å². The fourth-order valence-electron chi connectivity index (χ4n) is 3.93. The third-order valence-electron chi connectivity index (χ3n) is 5.50. The molecule has 2 atom stereocenters. The molecule has 2 rings (SSSR count). The number of nitrogens with zero attached hydrogens (tertiary/aromatic N) is 1. The van der Waals surface area contributed by atoms with Gasteiger partial charge in [0.15, 0.2) is 0 Å². The van der Waals surface area contributed by atoms with Crippen molar-refractivity contribution in [2.45, 2.75) is 77.3 Å². The molecule has 1 heterocycles. The van der Waals surface area contributed by atoms with Crippen LogP contribution in [0.2, 0.25) is 0 Å². The highest BCUT2D eigenvalue weighted by Crippen LogP contribution is 2.37. The van der Waals surface area contributed by atoms with Crippen LogP contribution in [0.1, 0.15) is 65.7 Å². The standard InChI is InChI=1S/C17H32N2O2/c1-4-10-18-17(15(20)21)8-6-14(13-17)19-11-5-7-16(2,3)9-12-19/h14,18H,4-13H2,1-3H3,(H,20,21). The zero-order valence-electron chi connectivity index (χ0n) is 14.0. The summed E-state index contributed by atoms with van der Waals surface area (Å²) in [5.41, 5.74) is -0.236. The van der Waals surface area contributed by atoms with Crippen LogP contribution in [0.15, 0.2) is 0 Å². The molecular formula is C17H32N2O2. The van der Waals surface area contributed by atoms with Gasteiger partial charge in [-0.1, -0.05) is 20.8 Å². The Morgan fingerprint density at radius 1 is 1.29 bits per heavy atom. The summed E-state index contributed by atoms with van der Waals surface area (Å²) in [6.07, 6.45) is 7.29. The molecule has 0 aromatic heterocycles. The molecule has 1 saturated heterocycles. The zero-order chi connectivity index (χ0) is 15.5. The lowest BCUT2D eigenvalue weighted by atomic mass is 9.85. The number of carboxylic acid groups (broad SMARTS) is 1. The molecule has 122 valence electrons. The Hall–Kier alpha value is -0.610. The summed E-state index contributed by atoms with van der Waals surface area (Å²) in [6, 6.07) is 0.444. The first kappa shape index (κ1) is 16.8. The Balaban J connectivity index is 1.98. The molecule has 0 aromatic rings. The predicted molar refractivity (Wildman–Crippen MR) is 85.5 cm³/mol. The summed E-state index contributed by atoms with van der Waals surface area (Å²) in [5.74, 6) is -0.659. The summed E-state index contributed by atoms with van der Waals surface area (Å²) < 4.78 is 0. The van der Waals surface area contributed by atoms with E-state index in [4.69, 9.17) is 0 Å². The number of hydrogen-bond acceptors (Lipinski definition) is 3. The van der Waals surface area contributed by atoms with Gasteiger partial charge in [-0.2, -0.15) is 0 Å². The number of hydrogen-bond donors (Lipinski definition) is 2. The van der Waals surface area contributed by atoms with Gasteiger partial charge in [-0.05, 0) is 70.0 Å². The van der Waals surface area contributed by atoms with Gasteiger partial charge in [-0.15, -0.1) is 0 Å². The third-order valence-corrected chi connectivity index (χ3v) is 5.50. The van der Waals surface area contributed by atoms with Crippen molar-refractivity contribution >= 4 is 5.97 Å². The first-order valence-electron chi connectivity index (χ1n) is 8.61. The van der Waals surface area contributed by atoms with E-state index in [0.29, 0.717) is 11.5 Å². The van der Waals surface area contributed by atoms with Crippen LogP contribution in [0.25, 0.3) is 0 Å². The molecule has 0 aromatic carbocycles. The lowest BCUT2D eigenvalue weighted by Gasteiger charge is -2.31. The summed E-state index contributed by atoms with van der Waals surface area (Å²) in [4.78, 5) is 14.3. The van der Waals surface area contributed by atoms with Gasteiger partial charge in [0, 0.05) is 6.04 Å². The van der Waals surface area contributed by atoms with Crippen LogP contribution < -0.4 is 5.32 Å². The largest absolute Gasteiger partial charge is 0.480 e. The normalized spacial score (nSPS) is 33.8. The number of nitrogens with one attached hydrogen (secondary N) is 1. The quantitative estimate of drug-likeness (QED) is 0.819. The van der Waals surface area contributed by atoms with Gasteiger partial charge in [0.2, 0.25) is 0 Å². The zero-order valence-corrected chi connectivity index (χ0v) is 14.0. The molecule has 4 heteroatoms. The second kappa shape index (κ2) is 6.66. The van der Waals surface area contributed by atoms with Gasteiger partial charge in [0.1, 0.15) is 5.54 Å². The van der Waals surface area contributed by atoms with Crippen molar-refractivity contribution in [3.63, 3.8) is 0 Å². The van der Waals surface area contributed by atoms with Gasteiger partial charge in [0.05, 0.1) is 0 Å². The predicted octanol–water partition coefficient (Wildman–Crippen LogP) is 2.87. The number of carboxylic acids is 1. The number of carbonyl (C=O) groups is 1. The fraction of sp³-hybridized carbons (Fsp3) is 0.941. The van der Waals surface area contributed by atoms with Crippen LogP contribution >= 0.6 is 0 Å². The molecule has 0 amide bonds. The molecule has 1 aliphatic carbocycles. The topological polar surface area (TPSA) is 52.6 Å². The van der Waals surface area contributed by atoms with Crippen LogP contribution in [0.3, 0.4) is 0 Å². The fourth-order valence-corrected chi connectivity index (χ4v) is 3.93. The molecule has 0 radical (unpaired) electrons. The Kier molecular flexibility index (Phi) is 5.31. The van der Waals surface area contributed by atoms with E-state index >= 15 is 0 Å². The Morgan fingerprint density at radius 2 is 2.05 bits per heavy atom. The maximum absolute atomic E-state index is 11.7. The number of likely N-dealkylation sites (tertiary alicyclic amines) is 1. The first-order chi connectivity index (χ1) is 9.88. The number of rotatable bonds is 5. The molecule has 1 saturated carbocycles. The lowest BCUT2D eigenvalue weighted by molar-refractivity contribution is -0.144. The first-order valence-corrected chi connectivity index (χ1v) is 8.61. The monoisotopic (exact) mass is 296 g/mol. The maximum atomic E-state index is 11.7. The van der Waals surface area contributed by atoms with Crippen molar-refractivity contribution in [3.8, 4) is 0 Å². The molecule has 2 fully saturated rings. The van der Waals surface area contributed by atoms with Gasteiger partial charge < -0.3 is 15.3 Å². The van der Waals surface area contributed by atoms with E-state index in [1.165, 1.54) is 19.3 Å². The van der Waals surface area contributed by atoms with E-state index in [2.05, 4.69) is 31.0 Å². The minimum atomic E-state index is -0.678. The molecule has 0 bridgehead atoms. The van der Waals surface area contributed by atoms with Crippen molar-refractivity contribution in [3.05, 3.63) is 0 Å². The van der Waals surface area contributed by atoms with E-state index in [1.807, 2.05) is 0 Å². The van der Waals surface area contributed by atoms with Gasteiger partial charge in [0.25, 0.3) is 0 Å². The highest BCUT2D eigenvalue weighted by molar-refractivity contribution is 5.79. The molecule has 2 aliphatic rings. The minimum Gasteiger partial charge on any atom is -0.480 e. The highest BCUT2D eigenvalue weighted by atomic mass is 16.4. The van der Waals surface area contributed by atoms with E-state index in [9.17, 15) is 9.90 Å². The van der Waals surface area contributed by atoms with Gasteiger partial charge in [-0.3, -0.25) is 4.79 Å². The summed E-state index contributed by atoms with van der Waals surface area (Å²) in [5, 5.41) is 13.0. The summed E-state index contributed by atoms with van der Waals surface area (Å²) >= 11 is 0. The highest BCUT2D eigenvalue weighted by Gasteiger charge is 2.46. The molecule has 21 heavy (non-hydrogen) atoms. The smallest absolute Gasteiger partial charge is 0.323 e. The number of aliphatic carboxylic acids is 1. The second-order valence-corrected chi connectivity index (χ2v) is 7.76. The van der Waals surface area contributed by atoms with Crippen LogP contribution in [0.4, 0.5) is 0 Å². The molecule has 4 nitrogen and oxygen atoms in total. The van der Waals surface area contributed by atoms with Crippen molar-refractivity contribution in [1.82, 2.24) is 10.2 Å². The third kappa shape index (κ3) is 3.98. The average Bonchev–Trinajstić information content (AvgIpc) is 2.77. The van der Waals surface area contributed by atoms with E-state index in [0.717, 1.165) is 45.3 Å². The SMILES string of the molecule is CCCNC1(C(=O)O)CCC(N2CCCC(C)(C)CC2)C1. The Bertz CT molecular complexity index is 370. The minimum absolute atomic E-state index is 0.442. The van der Waals surface area contributed by atoms with Gasteiger partial charge in [-0.25, -0.2) is 0 Å². The second-order valence-electron chi connectivity index (χ2n) is 7.76. The molecular weight excluding hydrogens is 264 g/mol. The molecule has 2 N–H and O–H groups in total. The van der Waals surface area contributed by atoms with E-state index in [1.54, 1.807) is 0 Å². The van der Waals surface area contributed by atoms with Crippen molar-refractivity contribution < 1.29 is 9.90 Å². The molecule has 1 aliphatic heterocycles. The average molecular weight is 296 g/mol. The van der Waals surface area contributed by atoms with E-state index < -0.39 is 11.5 Å². The van der Waals surface area contributed by atoms with Crippen LogP contribution in [0, 0.1) is 5.41 Å². The van der Waals surface area contributed by atoms with E-state index in [-0.39, 0.29) is 0 Å². The van der Waals surface area contributed by atoms with Crippen molar-refractivity contribution in [2.24, 2.45) is 5.41 Å². The maximum Gasteiger partial charge on any atom is 0.323 e. The Morgan fingerprint density at radius 3 is 2.71 bits per heavy atom. The summed E-state index contributed by atoms with van der Waals surface area (Å²) in [7, 11) is 0. The van der Waals surface area contributed by atoms with Crippen molar-refractivity contribution in [1.29, 1.82) is 0 Å². The molecule has 2 unspecified atom stereocenters. The van der Waals surface area contributed by atoms with Crippen LogP contribution in [-0.2, 0) is 4.79 Å². The van der Waals surface area contributed by atoms with Crippen LogP contribution in [0.5, 0.6) is 0 Å². The van der Waals surface area contributed by atoms with Crippen LogP contribution in [-0.4, -0.2) is 47.2 Å². The Labute approximate surface area is 129 Å². The molecule has 0 spiro atoms. The summed E-state index contributed by atoms with van der Waals surface area (Å²) in [6.45, 7) is 9.86.